The van der Waals surface area contributed by atoms with Crippen LogP contribution in [-0.4, -0.2) is 25.3 Å². The van der Waals surface area contributed by atoms with Crippen molar-refractivity contribution in [2.45, 2.75) is 19.9 Å². The van der Waals surface area contributed by atoms with Crippen LogP contribution < -0.4 is 14.9 Å². The molecule has 0 bridgehead atoms. The zero-order valence-electron chi connectivity index (χ0n) is 18.6. The largest absolute Gasteiger partial charge is 0.496 e. The van der Waals surface area contributed by atoms with E-state index in [2.05, 4.69) is 4.90 Å². The molecule has 5 nitrogen and oxygen atoms in total. The van der Waals surface area contributed by atoms with Crippen molar-refractivity contribution in [1.29, 1.82) is 0 Å². The number of halogens is 1. The quantitative estimate of drug-likeness (QED) is 0.374. The number of fused-ring (bicyclic) bond motifs is 3. The highest BCUT2D eigenvalue weighted by Gasteiger charge is 2.24. The predicted molar refractivity (Wildman–Crippen MR) is 130 cm³/mol. The van der Waals surface area contributed by atoms with Crippen molar-refractivity contribution < 1.29 is 13.9 Å². The second-order valence-electron chi connectivity index (χ2n) is 8.15. The predicted octanol–water partition coefficient (Wildman–Crippen LogP) is 5.83. The normalized spacial score (nSPS) is 13.5. The van der Waals surface area contributed by atoms with E-state index in [0.717, 1.165) is 40.4 Å². The van der Waals surface area contributed by atoms with Gasteiger partial charge in [0.25, 0.3) is 0 Å². The Kier molecular flexibility index (Phi) is 5.83. The highest BCUT2D eigenvalue weighted by molar-refractivity contribution is 6.31. The van der Waals surface area contributed by atoms with Gasteiger partial charge >= 0.3 is 0 Å². The van der Waals surface area contributed by atoms with Crippen LogP contribution in [0.4, 0.5) is 0 Å². The van der Waals surface area contributed by atoms with Gasteiger partial charge in [-0.25, -0.2) is 0 Å². The number of nitrogens with zero attached hydrogens (tertiary/aromatic N) is 1. The smallest absolute Gasteiger partial charge is 0.200 e. The van der Waals surface area contributed by atoms with E-state index >= 15 is 0 Å². The van der Waals surface area contributed by atoms with Gasteiger partial charge in [-0.1, -0.05) is 48.0 Å². The summed E-state index contributed by atoms with van der Waals surface area (Å²) in [5, 5.41) is 1.31. The Morgan fingerprint density at radius 1 is 1.06 bits per heavy atom. The van der Waals surface area contributed by atoms with E-state index in [1.807, 2.05) is 61.5 Å². The number of rotatable bonds is 5. The minimum absolute atomic E-state index is 0.0748. The van der Waals surface area contributed by atoms with Crippen LogP contribution in [0.3, 0.4) is 0 Å². The number of para-hydroxylation sites is 1. The molecule has 1 aliphatic rings. The van der Waals surface area contributed by atoms with Gasteiger partial charge in [0.15, 0.2) is 0 Å². The van der Waals surface area contributed by atoms with Crippen molar-refractivity contribution in [3.63, 3.8) is 0 Å². The molecule has 2 heterocycles. The maximum absolute atomic E-state index is 13.5. The highest BCUT2D eigenvalue weighted by Crippen LogP contribution is 2.36. The molecule has 33 heavy (non-hydrogen) atoms. The summed E-state index contributed by atoms with van der Waals surface area (Å²) in [6.45, 7) is 3.71. The van der Waals surface area contributed by atoms with Crippen LogP contribution in [-0.2, 0) is 13.0 Å². The Balaban J connectivity index is 1.51. The molecule has 0 fully saturated rings. The summed E-state index contributed by atoms with van der Waals surface area (Å²) in [5.41, 5.74) is 3.75. The van der Waals surface area contributed by atoms with Gasteiger partial charge < -0.3 is 13.9 Å². The fourth-order valence-corrected chi connectivity index (χ4v) is 4.64. The lowest BCUT2D eigenvalue weighted by Crippen LogP contribution is -2.34. The summed E-state index contributed by atoms with van der Waals surface area (Å²) >= 11 is 6.31. The van der Waals surface area contributed by atoms with Gasteiger partial charge in [-0.05, 0) is 43.2 Å². The molecule has 1 aliphatic heterocycles. The second kappa shape index (κ2) is 8.93. The maximum atomic E-state index is 13.5. The summed E-state index contributed by atoms with van der Waals surface area (Å²) in [4.78, 5) is 15.7. The van der Waals surface area contributed by atoms with Gasteiger partial charge in [0.2, 0.25) is 5.43 Å². The van der Waals surface area contributed by atoms with Crippen LogP contribution in [0.5, 0.6) is 11.5 Å². The molecule has 3 aromatic carbocycles. The first-order valence-corrected chi connectivity index (χ1v) is 11.3. The summed E-state index contributed by atoms with van der Waals surface area (Å²) in [7, 11) is 1.60. The highest BCUT2D eigenvalue weighted by atomic mass is 35.5. The summed E-state index contributed by atoms with van der Waals surface area (Å²) in [6, 6.07) is 19.0. The summed E-state index contributed by atoms with van der Waals surface area (Å²) < 4.78 is 17.8. The van der Waals surface area contributed by atoms with E-state index in [1.54, 1.807) is 13.2 Å². The van der Waals surface area contributed by atoms with E-state index in [1.165, 1.54) is 0 Å². The SMILES string of the molecule is COc1ccccc1-c1c(C)oc2c3c(ccc2c1=O)OCN(CCc1ccccc1Cl)C3. The molecule has 0 radical (unpaired) electrons. The van der Waals surface area contributed by atoms with E-state index < -0.39 is 0 Å². The Morgan fingerprint density at radius 2 is 1.85 bits per heavy atom. The maximum Gasteiger partial charge on any atom is 0.200 e. The average Bonchev–Trinajstić information content (AvgIpc) is 2.83. The van der Waals surface area contributed by atoms with Gasteiger partial charge in [-0.2, -0.15) is 0 Å². The van der Waals surface area contributed by atoms with E-state index in [0.29, 0.717) is 41.3 Å². The van der Waals surface area contributed by atoms with Crippen LogP contribution in [0.15, 0.2) is 69.9 Å². The monoisotopic (exact) mass is 461 g/mol. The first kappa shape index (κ1) is 21.6. The van der Waals surface area contributed by atoms with E-state index in [-0.39, 0.29) is 5.43 Å². The van der Waals surface area contributed by atoms with Crippen LogP contribution in [0.2, 0.25) is 5.02 Å². The third-order valence-corrected chi connectivity index (χ3v) is 6.48. The van der Waals surface area contributed by atoms with Gasteiger partial charge in [-0.3, -0.25) is 9.69 Å². The van der Waals surface area contributed by atoms with Crippen molar-refractivity contribution >= 4 is 22.6 Å². The lowest BCUT2D eigenvalue weighted by atomic mass is 9.99. The van der Waals surface area contributed by atoms with E-state index in [4.69, 9.17) is 25.5 Å². The first-order valence-electron chi connectivity index (χ1n) is 10.9. The fourth-order valence-electron chi connectivity index (χ4n) is 4.41. The van der Waals surface area contributed by atoms with Crippen molar-refractivity contribution in [2.24, 2.45) is 0 Å². The minimum Gasteiger partial charge on any atom is -0.496 e. The lowest BCUT2D eigenvalue weighted by molar-refractivity contribution is 0.0968. The number of aryl methyl sites for hydroxylation is 1. The molecule has 0 atom stereocenters. The number of hydrogen-bond donors (Lipinski definition) is 0. The van der Waals surface area contributed by atoms with Gasteiger partial charge in [-0.15, -0.1) is 0 Å². The third kappa shape index (κ3) is 3.99. The number of ether oxygens (including phenoxy) is 2. The molecular weight excluding hydrogens is 438 g/mol. The molecule has 0 saturated heterocycles. The van der Waals surface area contributed by atoms with Gasteiger partial charge in [0.05, 0.1) is 23.6 Å². The number of hydrogen-bond acceptors (Lipinski definition) is 5. The van der Waals surface area contributed by atoms with Crippen molar-refractivity contribution in [2.75, 3.05) is 20.4 Å². The average molecular weight is 462 g/mol. The molecule has 0 spiro atoms. The molecule has 0 aliphatic carbocycles. The summed E-state index contributed by atoms with van der Waals surface area (Å²) in [5.74, 6) is 1.95. The molecule has 168 valence electrons. The number of methoxy groups -OCH3 is 1. The van der Waals surface area contributed by atoms with Gasteiger partial charge in [0, 0.05) is 23.7 Å². The van der Waals surface area contributed by atoms with Crippen LogP contribution in [0, 0.1) is 6.92 Å². The molecule has 5 rings (SSSR count). The van der Waals surface area contributed by atoms with E-state index in [9.17, 15) is 4.79 Å². The van der Waals surface area contributed by atoms with Crippen molar-refractivity contribution in [3.8, 4) is 22.6 Å². The molecule has 0 unspecified atom stereocenters. The molecule has 0 N–H and O–H groups in total. The third-order valence-electron chi connectivity index (χ3n) is 6.11. The fraction of sp³-hybridized carbons (Fsp3) is 0.222. The first-order chi connectivity index (χ1) is 16.1. The van der Waals surface area contributed by atoms with Crippen LogP contribution in [0.1, 0.15) is 16.9 Å². The van der Waals surface area contributed by atoms with Crippen molar-refractivity contribution in [3.05, 3.63) is 92.8 Å². The van der Waals surface area contributed by atoms with Crippen LogP contribution in [0.25, 0.3) is 22.1 Å². The molecule has 4 aromatic rings. The Bertz CT molecular complexity index is 1400. The molecule has 0 amide bonds. The lowest BCUT2D eigenvalue weighted by Gasteiger charge is -2.29. The molecule has 6 heteroatoms. The zero-order chi connectivity index (χ0) is 22.9. The topological polar surface area (TPSA) is 51.9 Å². The Labute approximate surface area is 197 Å². The molecule has 1 aromatic heterocycles. The molecular formula is C27H24ClNO4. The Hall–Kier alpha value is -3.28. The minimum atomic E-state index is -0.0748. The molecule has 0 saturated carbocycles. The van der Waals surface area contributed by atoms with Gasteiger partial charge in [0.1, 0.15) is 29.6 Å². The summed E-state index contributed by atoms with van der Waals surface area (Å²) in [6.07, 6.45) is 0.810. The van der Waals surface area contributed by atoms with Crippen molar-refractivity contribution in [1.82, 2.24) is 4.90 Å². The Morgan fingerprint density at radius 3 is 2.67 bits per heavy atom. The van der Waals surface area contributed by atoms with Crippen LogP contribution >= 0.6 is 11.6 Å². The standard InChI is InChI=1S/C27H24ClNO4/c1-17-25(19-8-4-6-10-23(19)31-2)26(30)20-11-12-24-21(27(20)33-17)15-29(16-32-24)14-13-18-7-3-5-9-22(18)28/h3-12H,13-16H2,1-2H3. The number of benzene rings is 3. The zero-order valence-corrected chi connectivity index (χ0v) is 19.3. The second-order valence-corrected chi connectivity index (χ2v) is 8.56.